The first-order chi connectivity index (χ1) is 8.11. The Morgan fingerprint density at radius 3 is 2.76 bits per heavy atom. The second-order valence-electron chi connectivity index (χ2n) is 3.97. The largest absolute Gasteiger partial charge is 0.478 e. The molecule has 0 saturated heterocycles. The molecule has 5 heteroatoms. The fourth-order valence-electron chi connectivity index (χ4n) is 1.55. The minimum atomic E-state index is -1.04. The molecule has 1 aromatic rings. The molecule has 2 rings (SSSR count). The molecular weight excluding hydrogens is 225 g/mol. The molecule has 0 heterocycles. The third-order valence-electron chi connectivity index (χ3n) is 2.62. The number of aliphatic carboxylic acids is 1. The number of carboxylic acid groups (broad SMARTS) is 1. The van der Waals surface area contributed by atoms with Gasteiger partial charge in [0, 0.05) is 12.0 Å². The Bertz CT molecular complexity index is 491. The maximum absolute atomic E-state index is 13.3. The molecule has 1 aliphatic rings. The predicted octanol–water partition coefficient (Wildman–Crippen LogP) is 1.94. The fraction of sp³-hybridized carbons (Fsp3) is 0.333. The summed E-state index contributed by atoms with van der Waals surface area (Å²) in [5.41, 5.74) is -0.0874. The number of ether oxygens (including phenoxy) is 1. The zero-order valence-corrected chi connectivity index (χ0v) is 8.89. The normalized spacial score (nSPS) is 16.0. The average Bonchev–Trinajstić information content (AvgIpc) is 3.09. The molecular formula is C12H10FNO3. The van der Waals surface area contributed by atoms with E-state index in [1.807, 2.05) is 0 Å². The number of carboxylic acids is 1. The molecule has 0 radical (unpaired) electrons. The Kier molecular flexibility index (Phi) is 2.96. The van der Waals surface area contributed by atoms with Gasteiger partial charge in [-0.15, -0.1) is 0 Å². The van der Waals surface area contributed by atoms with E-state index in [2.05, 4.69) is 0 Å². The van der Waals surface area contributed by atoms with E-state index in [0.29, 0.717) is 0 Å². The summed E-state index contributed by atoms with van der Waals surface area (Å²) in [4.78, 5) is 10.9. The standard InChI is InChI=1S/C12H10FNO3/c13-10-5-9(4-3-8(10)6-14)17-11(12(15)16)7-1-2-7/h3-5,7,11H,1-2H2,(H,15,16). The summed E-state index contributed by atoms with van der Waals surface area (Å²) in [6, 6.07) is 5.40. The van der Waals surface area contributed by atoms with Gasteiger partial charge in [-0.3, -0.25) is 0 Å². The van der Waals surface area contributed by atoms with Crippen molar-refractivity contribution in [3.8, 4) is 11.8 Å². The lowest BCUT2D eigenvalue weighted by Gasteiger charge is -2.14. The Labute approximate surface area is 97.2 Å². The zero-order chi connectivity index (χ0) is 12.4. The summed E-state index contributed by atoms with van der Waals surface area (Å²) in [5.74, 6) is -1.60. The molecule has 17 heavy (non-hydrogen) atoms. The maximum atomic E-state index is 13.3. The maximum Gasteiger partial charge on any atom is 0.345 e. The summed E-state index contributed by atoms with van der Waals surface area (Å²) in [7, 11) is 0. The number of hydrogen-bond acceptors (Lipinski definition) is 3. The third kappa shape index (κ3) is 2.53. The van der Waals surface area contributed by atoms with Crippen LogP contribution in [0.3, 0.4) is 0 Å². The predicted molar refractivity (Wildman–Crippen MR) is 55.9 cm³/mol. The molecule has 0 bridgehead atoms. The van der Waals surface area contributed by atoms with Crippen LogP contribution in [0.2, 0.25) is 0 Å². The van der Waals surface area contributed by atoms with Gasteiger partial charge in [0.15, 0.2) is 6.10 Å². The van der Waals surface area contributed by atoms with Gasteiger partial charge in [0.1, 0.15) is 17.6 Å². The number of rotatable bonds is 4. The monoisotopic (exact) mass is 235 g/mol. The zero-order valence-electron chi connectivity index (χ0n) is 8.89. The van der Waals surface area contributed by atoms with Crippen LogP contribution in [0.1, 0.15) is 18.4 Å². The van der Waals surface area contributed by atoms with Crippen LogP contribution in [0.15, 0.2) is 18.2 Å². The minimum Gasteiger partial charge on any atom is -0.478 e. The van der Waals surface area contributed by atoms with E-state index in [1.165, 1.54) is 12.1 Å². The first-order valence-corrected chi connectivity index (χ1v) is 5.21. The van der Waals surface area contributed by atoms with Crippen molar-refractivity contribution in [2.24, 2.45) is 5.92 Å². The van der Waals surface area contributed by atoms with Crippen LogP contribution >= 0.6 is 0 Å². The molecule has 88 valence electrons. The highest BCUT2D eigenvalue weighted by Crippen LogP contribution is 2.35. The summed E-state index contributed by atoms with van der Waals surface area (Å²) in [5, 5.41) is 17.5. The molecule has 1 aliphatic carbocycles. The van der Waals surface area contributed by atoms with E-state index in [-0.39, 0.29) is 17.2 Å². The Hall–Kier alpha value is -2.09. The molecule has 0 spiro atoms. The van der Waals surface area contributed by atoms with E-state index in [0.717, 1.165) is 18.9 Å². The highest BCUT2D eigenvalue weighted by atomic mass is 19.1. The van der Waals surface area contributed by atoms with Gasteiger partial charge >= 0.3 is 5.97 Å². The summed E-state index contributed by atoms with van der Waals surface area (Å²) in [6.45, 7) is 0. The summed E-state index contributed by atoms with van der Waals surface area (Å²) in [6.07, 6.45) is 0.702. The molecule has 0 aliphatic heterocycles. The molecule has 1 saturated carbocycles. The van der Waals surface area contributed by atoms with Gasteiger partial charge in [-0.05, 0) is 25.0 Å². The number of nitrogens with zero attached hydrogens (tertiary/aromatic N) is 1. The van der Waals surface area contributed by atoms with Crippen molar-refractivity contribution < 1.29 is 19.0 Å². The molecule has 1 aromatic carbocycles. The highest BCUT2D eigenvalue weighted by molar-refractivity contribution is 5.73. The molecule has 1 unspecified atom stereocenters. The Morgan fingerprint density at radius 2 is 2.29 bits per heavy atom. The van der Waals surface area contributed by atoms with Gasteiger partial charge < -0.3 is 9.84 Å². The van der Waals surface area contributed by atoms with Gasteiger partial charge in [0.25, 0.3) is 0 Å². The number of carbonyl (C=O) groups is 1. The molecule has 0 aromatic heterocycles. The van der Waals surface area contributed by atoms with E-state index in [9.17, 15) is 9.18 Å². The first kappa shape index (κ1) is 11.4. The second-order valence-corrected chi connectivity index (χ2v) is 3.97. The number of benzene rings is 1. The van der Waals surface area contributed by atoms with Gasteiger partial charge in [-0.1, -0.05) is 0 Å². The second kappa shape index (κ2) is 4.42. The molecule has 1 fully saturated rings. The SMILES string of the molecule is N#Cc1ccc(OC(C(=O)O)C2CC2)cc1F. The van der Waals surface area contributed by atoms with Crippen LogP contribution in [-0.2, 0) is 4.79 Å². The average molecular weight is 235 g/mol. The number of hydrogen-bond donors (Lipinski definition) is 1. The number of halogens is 1. The highest BCUT2D eigenvalue weighted by Gasteiger charge is 2.38. The van der Waals surface area contributed by atoms with E-state index < -0.39 is 17.9 Å². The van der Waals surface area contributed by atoms with E-state index >= 15 is 0 Å². The fourth-order valence-corrected chi connectivity index (χ4v) is 1.55. The van der Waals surface area contributed by atoms with Crippen molar-refractivity contribution in [1.82, 2.24) is 0 Å². The topological polar surface area (TPSA) is 70.3 Å². The first-order valence-electron chi connectivity index (χ1n) is 5.21. The van der Waals surface area contributed by atoms with Crippen LogP contribution in [0.5, 0.6) is 5.75 Å². The van der Waals surface area contributed by atoms with Crippen molar-refractivity contribution in [2.45, 2.75) is 18.9 Å². The molecule has 0 amide bonds. The van der Waals surface area contributed by atoms with E-state index in [4.69, 9.17) is 15.1 Å². The van der Waals surface area contributed by atoms with Crippen molar-refractivity contribution in [2.75, 3.05) is 0 Å². The van der Waals surface area contributed by atoms with Crippen molar-refractivity contribution in [3.05, 3.63) is 29.6 Å². The smallest absolute Gasteiger partial charge is 0.345 e. The minimum absolute atomic E-state index is 0.00574. The van der Waals surface area contributed by atoms with Gasteiger partial charge in [0.05, 0.1) is 5.56 Å². The Balaban J connectivity index is 2.15. The van der Waals surface area contributed by atoms with Crippen molar-refractivity contribution in [3.63, 3.8) is 0 Å². The lowest BCUT2D eigenvalue weighted by atomic mass is 10.2. The van der Waals surface area contributed by atoms with Crippen molar-refractivity contribution >= 4 is 5.97 Å². The number of nitriles is 1. The molecule has 4 nitrogen and oxygen atoms in total. The molecule has 1 N–H and O–H groups in total. The summed E-state index contributed by atoms with van der Waals surface area (Å²) < 4.78 is 18.5. The summed E-state index contributed by atoms with van der Waals surface area (Å²) >= 11 is 0. The van der Waals surface area contributed by atoms with Gasteiger partial charge in [-0.2, -0.15) is 5.26 Å². The lowest BCUT2D eigenvalue weighted by molar-refractivity contribution is -0.146. The van der Waals surface area contributed by atoms with Crippen molar-refractivity contribution in [1.29, 1.82) is 5.26 Å². The quantitative estimate of drug-likeness (QED) is 0.865. The Morgan fingerprint density at radius 1 is 1.59 bits per heavy atom. The van der Waals surface area contributed by atoms with Crippen LogP contribution in [0.4, 0.5) is 4.39 Å². The molecule has 1 atom stereocenters. The van der Waals surface area contributed by atoms with E-state index in [1.54, 1.807) is 6.07 Å². The van der Waals surface area contributed by atoms with Crippen LogP contribution in [0.25, 0.3) is 0 Å². The van der Waals surface area contributed by atoms with Gasteiger partial charge in [-0.25, -0.2) is 9.18 Å². The van der Waals surface area contributed by atoms with Gasteiger partial charge in [0.2, 0.25) is 0 Å². The van der Waals surface area contributed by atoms with Crippen LogP contribution in [0, 0.1) is 23.1 Å². The lowest BCUT2D eigenvalue weighted by Crippen LogP contribution is -2.29. The van der Waals surface area contributed by atoms with Crippen LogP contribution < -0.4 is 4.74 Å². The van der Waals surface area contributed by atoms with Crippen LogP contribution in [-0.4, -0.2) is 17.2 Å². The third-order valence-corrected chi connectivity index (χ3v) is 2.62.